The minimum Gasteiger partial charge on any atom is -0.354 e. The molecule has 2 heterocycles. The molecule has 144 valence electrons. The Morgan fingerprint density at radius 1 is 1.22 bits per heavy atom. The molecule has 1 aromatic heterocycles. The summed E-state index contributed by atoms with van der Waals surface area (Å²) < 4.78 is 0. The van der Waals surface area contributed by atoms with Gasteiger partial charge in [-0.3, -0.25) is 9.59 Å². The quantitative estimate of drug-likeness (QED) is 0.832. The van der Waals surface area contributed by atoms with Crippen molar-refractivity contribution in [2.45, 2.75) is 18.9 Å². The molecule has 3 rings (SSSR count). The summed E-state index contributed by atoms with van der Waals surface area (Å²) in [5.74, 6) is -0.0549. The Hall–Kier alpha value is -2.18. The fourth-order valence-electron chi connectivity index (χ4n) is 3.55. The van der Waals surface area contributed by atoms with E-state index in [1.54, 1.807) is 0 Å². The van der Waals surface area contributed by atoms with E-state index in [0.29, 0.717) is 13.1 Å². The van der Waals surface area contributed by atoms with E-state index in [1.807, 2.05) is 54.7 Å². The van der Waals surface area contributed by atoms with Crippen LogP contribution in [0, 0.1) is 5.92 Å². The number of likely N-dealkylation sites (tertiary alicyclic amines) is 1. The van der Waals surface area contributed by atoms with Crippen LogP contribution in [0.15, 0.2) is 47.8 Å². The van der Waals surface area contributed by atoms with E-state index >= 15 is 0 Å². The molecule has 2 atom stereocenters. The molecule has 2 unspecified atom stereocenters. The normalized spacial score (nSPS) is 18.3. The van der Waals surface area contributed by atoms with Crippen LogP contribution in [0.1, 0.15) is 34.1 Å². The highest BCUT2D eigenvalue weighted by atomic mass is 32.1. The lowest BCUT2D eigenvalue weighted by molar-refractivity contribution is -0.126. The van der Waals surface area contributed by atoms with Gasteiger partial charge in [-0.25, -0.2) is 0 Å². The first-order chi connectivity index (χ1) is 13.1. The van der Waals surface area contributed by atoms with Crippen LogP contribution in [0.2, 0.25) is 0 Å². The highest BCUT2D eigenvalue weighted by molar-refractivity contribution is 7.12. The molecule has 0 bridgehead atoms. The second-order valence-corrected chi connectivity index (χ2v) is 8.15. The van der Waals surface area contributed by atoms with Gasteiger partial charge in [0, 0.05) is 19.6 Å². The summed E-state index contributed by atoms with van der Waals surface area (Å²) in [5, 5.41) is 5.02. The van der Waals surface area contributed by atoms with Crippen LogP contribution in [-0.4, -0.2) is 55.3 Å². The standard InChI is InChI=1S/C21H27N3O2S/c1-23(2)18(16-8-4-3-5-9-16)14-22-20(25)17-10-6-12-24(15-17)21(26)19-11-7-13-27-19/h3-5,7-9,11,13,17-18H,6,10,12,14-15H2,1-2H3,(H,22,25). The molecular weight excluding hydrogens is 358 g/mol. The van der Waals surface area contributed by atoms with Gasteiger partial charge < -0.3 is 15.1 Å². The van der Waals surface area contributed by atoms with E-state index in [-0.39, 0.29) is 23.8 Å². The summed E-state index contributed by atoms with van der Waals surface area (Å²) in [6.07, 6.45) is 1.70. The number of nitrogens with one attached hydrogen (secondary N) is 1. The van der Waals surface area contributed by atoms with Crippen molar-refractivity contribution < 1.29 is 9.59 Å². The Labute approximate surface area is 165 Å². The maximum atomic E-state index is 12.7. The zero-order valence-corrected chi connectivity index (χ0v) is 16.7. The third-order valence-corrected chi connectivity index (χ3v) is 5.95. The average Bonchev–Trinajstić information content (AvgIpc) is 3.23. The SMILES string of the molecule is CN(C)C(CNC(=O)C1CCCN(C(=O)c2cccs2)C1)c1ccccc1. The number of thiophene rings is 1. The summed E-state index contributed by atoms with van der Waals surface area (Å²) >= 11 is 1.45. The van der Waals surface area contributed by atoms with Crippen molar-refractivity contribution in [3.63, 3.8) is 0 Å². The lowest BCUT2D eigenvalue weighted by atomic mass is 9.96. The van der Waals surface area contributed by atoms with Crippen LogP contribution in [-0.2, 0) is 4.79 Å². The first kappa shape index (κ1) is 19.6. The molecule has 0 radical (unpaired) electrons. The van der Waals surface area contributed by atoms with E-state index in [1.165, 1.54) is 16.9 Å². The highest BCUT2D eigenvalue weighted by Crippen LogP contribution is 2.22. The third kappa shape index (κ3) is 4.96. The third-order valence-electron chi connectivity index (χ3n) is 5.09. The number of rotatable bonds is 6. The van der Waals surface area contributed by atoms with Gasteiger partial charge in [-0.05, 0) is 43.9 Å². The maximum Gasteiger partial charge on any atom is 0.263 e. The second kappa shape index (κ2) is 9.15. The van der Waals surface area contributed by atoms with Gasteiger partial charge in [0.25, 0.3) is 5.91 Å². The molecule has 0 aliphatic carbocycles. The number of amides is 2. The fraction of sp³-hybridized carbons (Fsp3) is 0.429. The predicted octanol–water partition coefficient (Wildman–Crippen LogP) is 3.02. The van der Waals surface area contributed by atoms with E-state index in [2.05, 4.69) is 22.3 Å². The number of carbonyl (C=O) groups excluding carboxylic acids is 2. The Morgan fingerprint density at radius 2 is 2.00 bits per heavy atom. The van der Waals surface area contributed by atoms with Gasteiger partial charge in [0.2, 0.25) is 5.91 Å². The van der Waals surface area contributed by atoms with Crippen LogP contribution >= 0.6 is 11.3 Å². The lowest BCUT2D eigenvalue weighted by Gasteiger charge is -2.32. The van der Waals surface area contributed by atoms with Crippen molar-refractivity contribution in [3.05, 3.63) is 58.3 Å². The second-order valence-electron chi connectivity index (χ2n) is 7.20. The number of carbonyl (C=O) groups is 2. The minimum atomic E-state index is -0.138. The van der Waals surface area contributed by atoms with Crippen molar-refractivity contribution in [1.82, 2.24) is 15.1 Å². The zero-order valence-electron chi connectivity index (χ0n) is 15.9. The number of nitrogens with zero attached hydrogens (tertiary/aromatic N) is 2. The molecule has 1 aliphatic rings. The van der Waals surface area contributed by atoms with Crippen LogP contribution in [0.5, 0.6) is 0 Å². The minimum absolute atomic E-state index is 0.0398. The maximum absolute atomic E-state index is 12.7. The molecule has 27 heavy (non-hydrogen) atoms. The number of hydrogen-bond donors (Lipinski definition) is 1. The van der Waals surface area contributed by atoms with Gasteiger partial charge in [-0.15, -0.1) is 11.3 Å². The van der Waals surface area contributed by atoms with Gasteiger partial charge >= 0.3 is 0 Å². The Kier molecular flexibility index (Phi) is 6.63. The van der Waals surface area contributed by atoms with Crippen LogP contribution in [0.3, 0.4) is 0 Å². The molecule has 2 aromatic rings. The van der Waals surface area contributed by atoms with E-state index in [4.69, 9.17) is 0 Å². The van der Waals surface area contributed by atoms with E-state index in [0.717, 1.165) is 24.3 Å². The summed E-state index contributed by atoms with van der Waals surface area (Å²) in [7, 11) is 4.04. The molecule has 1 saturated heterocycles. The predicted molar refractivity (Wildman–Crippen MR) is 109 cm³/mol. The molecule has 1 fully saturated rings. The van der Waals surface area contributed by atoms with Gasteiger partial charge in [0.05, 0.1) is 16.8 Å². The molecular formula is C21H27N3O2S. The number of benzene rings is 1. The summed E-state index contributed by atoms with van der Waals surface area (Å²) in [4.78, 5) is 30.0. The van der Waals surface area contributed by atoms with Crippen LogP contribution < -0.4 is 5.32 Å². The van der Waals surface area contributed by atoms with Crippen molar-refractivity contribution in [2.75, 3.05) is 33.7 Å². The monoisotopic (exact) mass is 385 g/mol. The van der Waals surface area contributed by atoms with Crippen molar-refractivity contribution in [3.8, 4) is 0 Å². The van der Waals surface area contributed by atoms with Crippen LogP contribution in [0.4, 0.5) is 0 Å². The Balaban J connectivity index is 1.57. The van der Waals surface area contributed by atoms with Gasteiger partial charge in [-0.1, -0.05) is 36.4 Å². The fourth-order valence-corrected chi connectivity index (χ4v) is 4.24. The van der Waals surface area contributed by atoms with E-state index < -0.39 is 0 Å². The number of piperidine rings is 1. The van der Waals surface area contributed by atoms with Gasteiger partial charge in [0.15, 0.2) is 0 Å². The smallest absolute Gasteiger partial charge is 0.263 e. The molecule has 1 aromatic carbocycles. The molecule has 5 nitrogen and oxygen atoms in total. The lowest BCUT2D eigenvalue weighted by Crippen LogP contribution is -2.46. The Morgan fingerprint density at radius 3 is 2.67 bits per heavy atom. The number of hydrogen-bond acceptors (Lipinski definition) is 4. The topological polar surface area (TPSA) is 52.7 Å². The van der Waals surface area contributed by atoms with E-state index in [9.17, 15) is 9.59 Å². The van der Waals surface area contributed by atoms with Gasteiger partial charge in [0.1, 0.15) is 0 Å². The zero-order chi connectivity index (χ0) is 19.2. The van der Waals surface area contributed by atoms with Crippen molar-refractivity contribution in [1.29, 1.82) is 0 Å². The number of likely N-dealkylation sites (N-methyl/N-ethyl adjacent to an activating group) is 1. The molecule has 6 heteroatoms. The van der Waals surface area contributed by atoms with Crippen molar-refractivity contribution in [2.24, 2.45) is 5.92 Å². The summed E-state index contributed by atoms with van der Waals surface area (Å²) in [6, 6.07) is 14.1. The first-order valence-corrected chi connectivity index (χ1v) is 10.3. The highest BCUT2D eigenvalue weighted by Gasteiger charge is 2.29. The Bertz CT molecular complexity index is 746. The average molecular weight is 386 g/mol. The first-order valence-electron chi connectivity index (χ1n) is 9.38. The largest absolute Gasteiger partial charge is 0.354 e. The molecule has 0 spiro atoms. The summed E-state index contributed by atoms with van der Waals surface area (Å²) in [5.41, 5.74) is 1.18. The van der Waals surface area contributed by atoms with Crippen molar-refractivity contribution >= 4 is 23.2 Å². The molecule has 0 saturated carbocycles. The molecule has 1 aliphatic heterocycles. The van der Waals surface area contributed by atoms with Crippen LogP contribution in [0.25, 0.3) is 0 Å². The summed E-state index contributed by atoms with van der Waals surface area (Å²) in [6.45, 7) is 1.79. The molecule has 1 N–H and O–H groups in total. The van der Waals surface area contributed by atoms with Gasteiger partial charge in [-0.2, -0.15) is 0 Å². The molecule has 2 amide bonds.